The number of hydrogen-bond donors (Lipinski definition) is 1. The molecule has 2 amide bonds. The molecular formula is C24H32ClN3O5S. The fourth-order valence-corrected chi connectivity index (χ4v) is 4.48. The molecule has 0 bridgehead atoms. The van der Waals surface area contributed by atoms with Gasteiger partial charge in [0.1, 0.15) is 18.3 Å². The number of nitrogens with zero attached hydrogens (tertiary/aromatic N) is 2. The Morgan fingerprint density at radius 2 is 1.76 bits per heavy atom. The second kappa shape index (κ2) is 11.6. The zero-order valence-corrected chi connectivity index (χ0v) is 21.9. The van der Waals surface area contributed by atoms with Crippen LogP contribution in [0.4, 0.5) is 5.69 Å². The van der Waals surface area contributed by atoms with Gasteiger partial charge in [-0.2, -0.15) is 0 Å². The van der Waals surface area contributed by atoms with Crippen molar-refractivity contribution >= 4 is 39.1 Å². The number of anilines is 1. The van der Waals surface area contributed by atoms with E-state index in [1.54, 1.807) is 6.92 Å². The summed E-state index contributed by atoms with van der Waals surface area (Å²) in [5.41, 5.74) is 2.04. The quantitative estimate of drug-likeness (QED) is 0.529. The third-order valence-electron chi connectivity index (χ3n) is 5.30. The molecule has 0 fully saturated rings. The minimum Gasteiger partial charge on any atom is -0.495 e. The minimum absolute atomic E-state index is 0.112. The summed E-state index contributed by atoms with van der Waals surface area (Å²) in [5.74, 6) is -0.465. The molecule has 0 aromatic heterocycles. The molecule has 2 aromatic carbocycles. The molecule has 0 aliphatic carbocycles. The van der Waals surface area contributed by atoms with Crippen LogP contribution in [0, 0.1) is 6.92 Å². The van der Waals surface area contributed by atoms with Crippen LogP contribution in [-0.2, 0) is 26.2 Å². The van der Waals surface area contributed by atoms with E-state index in [4.69, 9.17) is 16.3 Å². The first-order chi connectivity index (χ1) is 15.8. The first-order valence-electron chi connectivity index (χ1n) is 10.8. The van der Waals surface area contributed by atoms with E-state index in [1.807, 2.05) is 45.0 Å². The molecule has 34 heavy (non-hydrogen) atoms. The second-order valence-electron chi connectivity index (χ2n) is 8.38. The Hall–Kier alpha value is -2.78. The highest BCUT2D eigenvalue weighted by molar-refractivity contribution is 7.92. The summed E-state index contributed by atoms with van der Waals surface area (Å²) in [5, 5.41) is 3.03. The third-order valence-corrected chi connectivity index (χ3v) is 6.74. The highest BCUT2D eigenvalue weighted by atomic mass is 35.5. The maximum absolute atomic E-state index is 13.5. The number of sulfonamides is 1. The number of benzene rings is 2. The van der Waals surface area contributed by atoms with Gasteiger partial charge in [-0.3, -0.25) is 13.9 Å². The average molecular weight is 510 g/mol. The predicted octanol–water partition coefficient (Wildman–Crippen LogP) is 3.36. The van der Waals surface area contributed by atoms with Crippen LogP contribution in [0.15, 0.2) is 42.5 Å². The van der Waals surface area contributed by atoms with E-state index >= 15 is 0 Å². The molecular weight excluding hydrogens is 478 g/mol. The number of carbonyl (C=O) groups is 2. The lowest BCUT2D eigenvalue weighted by Gasteiger charge is -2.32. The Kier molecular flexibility index (Phi) is 9.35. The van der Waals surface area contributed by atoms with Gasteiger partial charge in [-0.1, -0.05) is 35.9 Å². The first-order valence-corrected chi connectivity index (χ1v) is 13.0. The number of methoxy groups -OCH3 is 1. The molecule has 186 valence electrons. The molecule has 1 atom stereocenters. The summed E-state index contributed by atoms with van der Waals surface area (Å²) >= 11 is 6.19. The van der Waals surface area contributed by atoms with Gasteiger partial charge in [-0.05, 0) is 57.0 Å². The van der Waals surface area contributed by atoms with E-state index in [0.717, 1.165) is 21.7 Å². The van der Waals surface area contributed by atoms with Gasteiger partial charge >= 0.3 is 0 Å². The lowest BCUT2D eigenvalue weighted by atomic mass is 10.1. The standard InChI is InChI=1S/C24H32ClN3O5S/c1-16(2)26-24(30)18(4)27(14-19-10-8-7-9-17(19)3)23(29)15-28(34(6,31)32)20-11-12-22(33-5)21(25)13-20/h7-13,16,18H,14-15H2,1-6H3,(H,26,30)/t18-/m1/s1. The van der Waals surface area contributed by atoms with Gasteiger partial charge in [0.05, 0.1) is 24.1 Å². The van der Waals surface area contributed by atoms with Crippen molar-refractivity contribution in [3.63, 3.8) is 0 Å². The van der Waals surface area contributed by atoms with Gasteiger partial charge in [0.15, 0.2) is 0 Å². The van der Waals surface area contributed by atoms with Crippen LogP contribution in [0.25, 0.3) is 0 Å². The number of halogens is 1. The molecule has 1 N–H and O–H groups in total. The van der Waals surface area contributed by atoms with Crippen LogP contribution >= 0.6 is 11.6 Å². The van der Waals surface area contributed by atoms with Crippen molar-refractivity contribution in [1.29, 1.82) is 0 Å². The maximum atomic E-state index is 13.5. The monoisotopic (exact) mass is 509 g/mol. The number of aryl methyl sites for hydroxylation is 1. The van der Waals surface area contributed by atoms with Crippen molar-refractivity contribution in [2.45, 2.75) is 46.3 Å². The molecule has 0 radical (unpaired) electrons. The van der Waals surface area contributed by atoms with Gasteiger partial charge in [-0.25, -0.2) is 8.42 Å². The van der Waals surface area contributed by atoms with Crippen LogP contribution in [0.5, 0.6) is 5.75 Å². The van der Waals surface area contributed by atoms with Crippen molar-refractivity contribution in [3.8, 4) is 5.75 Å². The highest BCUT2D eigenvalue weighted by Gasteiger charge is 2.30. The Labute approximate surface area is 206 Å². The number of hydrogen-bond acceptors (Lipinski definition) is 5. The lowest BCUT2D eigenvalue weighted by molar-refractivity contribution is -0.139. The Bertz CT molecular complexity index is 1140. The van der Waals surface area contributed by atoms with Crippen molar-refractivity contribution in [2.24, 2.45) is 0 Å². The first kappa shape index (κ1) is 27.5. The summed E-state index contributed by atoms with van der Waals surface area (Å²) in [6.07, 6.45) is 1.01. The minimum atomic E-state index is -3.84. The molecule has 0 spiro atoms. The Morgan fingerprint density at radius 1 is 1.12 bits per heavy atom. The average Bonchev–Trinajstić information content (AvgIpc) is 2.75. The number of amides is 2. The molecule has 8 nitrogen and oxygen atoms in total. The zero-order valence-electron chi connectivity index (χ0n) is 20.3. The Morgan fingerprint density at radius 3 is 2.29 bits per heavy atom. The summed E-state index contributed by atoms with van der Waals surface area (Å²) in [6, 6.07) is 11.1. The number of carbonyl (C=O) groups excluding carboxylic acids is 2. The molecule has 0 saturated heterocycles. The van der Waals surface area contributed by atoms with Crippen LogP contribution in [0.2, 0.25) is 5.02 Å². The maximum Gasteiger partial charge on any atom is 0.244 e. The number of nitrogens with one attached hydrogen (secondary N) is 1. The van der Waals surface area contributed by atoms with Gasteiger partial charge in [0.25, 0.3) is 0 Å². The number of rotatable bonds is 10. The van der Waals surface area contributed by atoms with Crippen LogP contribution < -0.4 is 14.4 Å². The van der Waals surface area contributed by atoms with E-state index in [0.29, 0.717) is 5.75 Å². The summed E-state index contributed by atoms with van der Waals surface area (Å²) in [7, 11) is -2.39. The van der Waals surface area contributed by atoms with E-state index < -0.39 is 28.5 Å². The molecule has 0 aliphatic heterocycles. The van der Waals surface area contributed by atoms with E-state index in [1.165, 1.54) is 30.2 Å². The molecule has 2 aromatic rings. The predicted molar refractivity (Wildman–Crippen MR) is 135 cm³/mol. The molecule has 2 rings (SSSR count). The molecule has 0 unspecified atom stereocenters. The summed E-state index contributed by atoms with van der Waals surface area (Å²) < 4.78 is 31.3. The second-order valence-corrected chi connectivity index (χ2v) is 10.7. The van der Waals surface area contributed by atoms with Crippen molar-refractivity contribution < 1.29 is 22.7 Å². The summed E-state index contributed by atoms with van der Waals surface area (Å²) in [6.45, 7) is 6.86. The normalized spacial score (nSPS) is 12.2. The van der Waals surface area contributed by atoms with E-state index in [2.05, 4.69) is 5.32 Å². The fraction of sp³-hybridized carbons (Fsp3) is 0.417. The SMILES string of the molecule is COc1ccc(N(CC(=O)N(Cc2ccccc2C)[C@H](C)C(=O)NC(C)C)S(C)(=O)=O)cc1Cl. The highest BCUT2D eigenvalue weighted by Crippen LogP contribution is 2.30. The zero-order chi connectivity index (χ0) is 25.6. The lowest BCUT2D eigenvalue weighted by Crippen LogP contribution is -2.52. The largest absolute Gasteiger partial charge is 0.495 e. The van der Waals surface area contributed by atoms with Gasteiger partial charge in [0.2, 0.25) is 21.8 Å². The topological polar surface area (TPSA) is 96.0 Å². The third kappa shape index (κ3) is 7.11. The molecule has 0 saturated carbocycles. The van der Waals surface area contributed by atoms with Crippen LogP contribution in [0.1, 0.15) is 31.9 Å². The van der Waals surface area contributed by atoms with Crippen molar-refractivity contribution in [3.05, 3.63) is 58.6 Å². The summed E-state index contributed by atoms with van der Waals surface area (Å²) in [4.78, 5) is 27.7. The van der Waals surface area contributed by atoms with Crippen molar-refractivity contribution in [2.75, 3.05) is 24.2 Å². The van der Waals surface area contributed by atoms with Gasteiger partial charge < -0.3 is 15.0 Å². The van der Waals surface area contributed by atoms with E-state index in [9.17, 15) is 18.0 Å². The van der Waals surface area contributed by atoms with Crippen LogP contribution in [-0.4, -0.2) is 57.1 Å². The smallest absolute Gasteiger partial charge is 0.244 e. The fourth-order valence-electron chi connectivity index (χ4n) is 3.38. The molecule has 0 aliphatic rings. The molecule has 0 heterocycles. The van der Waals surface area contributed by atoms with E-state index in [-0.39, 0.29) is 29.2 Å². The van der Waals surface area contributed by atoms with Crippen LogP contribution in [0.3, 0.4) is 0 Å². The van der Waals surface area contributed by atoms with Gasteiger partial charge in [-0.15, -0.1) is 0 Å². The van der Waals surface area contributed by atoms with Gasteiger partial charge in [0, 0.05) is 12.6 Å². The Balaban J connectivity index is 2.43. The number of ether oxygens (including phenoxy) is 1. The molecule has 10 heteroatoms. The van der Waals surface area contributed by atoms with Crippen molar-refractivity contribution in [1.82, 2.24) is 10.2 Å².